The number of aromatic amines is 1. The Kier molecular flexibility index (Phi) is 3.85. The summed E-state index contributed by atoms with van der Waals surface area (Å²) in [7, 11) is 0. The molecule has 5 aromatic heterocycles. The van der Waals surface area contributed by atoms with Gasteiger partial charge in [0.05, 0.1) is 23.3 Å². The third kappa shape index (κ3) is 2.79. The van der Waals surface area contributed by atoms with Gasteiger partial charge in [0.1, 0.15) is 17.4 Å². The Bertz CT molecular complexity index is 1400. The van der Waals surface area contributed by atoms with Gasteiger partial charge in [-0.05, 0) is 37.3 Å². The lowest BCUT2D eigenvalue weighted by Gasteiger charge is -2.32. The van der Waals surface area contributed by atoms with Crippen LogP contribution in [-0.4, -0.2) is 41.3 Å². The molecule has 1 aliphatic heterocycles. The molecule has 9 nitrogen and oxygen atoms in total. The third-order valence-electron chi connectivity index (χ3n) is 5.57. The first-order valence-electron chi connectivity index (χ1n) is 9.87. The first-order valence-corrected chi connectivity index (χ1v) is 9.87. The van der Waals surface area contributed by atoms with Crippen molar-refractivity contribution in [2.75, 3.05) is 11.4 Å². The molecule has 31 heavy (non-hydrogen) atoms. The molecule has 0 spiro atoms. The van der Waals surface area contributed by atoms with E-state index in [1.165, 1.54) is 10.6 Å². The first kappa shape index (κ1) is 17.8. The number of nitrogens with zero attached hydrogens (tertiary/aromatic N) is 7. The zero-order chi connectivity index (χ0) is 20.9. The molecule has 1 aliphatic rings. The predicted molar refractivity (Wildman–Crippen MR) is 109 cm³/mol. The summed E-state index contributed by atoms with van der Waals surface area (Å²) in [5, 5.41) is 13.1. The number of hydrogen-bond acceptors (Lipinski definition) is 7. The van der Waals surface area contributed by atoms with Crippen molar-refractivity contribution in [1.82, 2.24) is 34.8 Å². The van der Waals surface area contributed by atoms with E-state index in [0.29, 0.717) is 29.7 Å². The second-order valence-electron chi connectivity index (χ2n) is 7.39. The van der Waals surface area contributed by atoms with Gasteiger partial charge in [-0.2, -0.15) is 5.10 Å². The van der Waals surface area contributed by atoms with Gasteiger partial charge in [-0.15, -0.1) is 5.10 Å². The fraction of sp³-hybridized carbons (Fsp3) is 0.190. The standard InChI is InChI=1S/C21H17FN8O/c1-12-13(4-2-7-23-12)20-26-27-21(31-20)29-9-6-15-18(25-11-24-15)19(29)16-10-17-14(22)5-3-8-30(17)28-16/h2-5,7-8,10-11,19H,6,9H2,1H3,(H,24,25). The summed E-state index contributed by atoms with van der Waals surface area (Å²) in [5.74, 6) is 0.0613. The lowest BCUT2D eigenvalue weighted by Crippen LogP contribution is -2.36. The number of halogens is 1. The minimum absolute atomic E-state index is 0.335. The highest BCUT2D eigenvalue weighted by molar-refractivity contribution is 5.57. The summed E-state index contributed by atoms with van der Waals surface area (Å²) in [6.07, 6.45) is 5.84. The number of rotatable bonds is 3. The van der Waals surface area contributed by atoms with Crippen LogP contribution in [0.4, 0.5) is 10.4 Å². The minimum Gasteiger partial charge on any atom is -0.403 e. The zero-order valence-corrected chi connectivity index (χ0v) is 16.5. The number of pyridine rings is 2. The summed E-state index contributed by atoms with van der Waals surface area (Å²) < 4.78 is 21.9. The summed E-state index contributed by atoms with van der Waals surface area (Å²) >= 11 is 0. The van der Waals surface area contributed by atoms with Crippen LogP contribution in [0.15, 0.2) is 53.5 Å². The van der Waals surface area contributed by atoms with Gasteiger partial charge in [0.25, 0.3) is 5.89 Å². The molecule has 1 unspecified atom stereocenters. The molecule has 0 aliphatic carbocycles. The van der Waals surface area contributed by atoms with Gasteiger partial charge in [-0.25, -0.2) is 13.9 Å². The van der Waals surface area contributed by atoms with Crippen LogP contribution in [0.2, 0.25) is 0 Å². The van der Waals surface area contributed by atoms with E-state index in [2.05, 4.69) is 30.2 Å². The molecule has 0 saturated carbocycles. The second-order valence-corrected chi connectivity index (χ2v) is 7.39. The van der Waals surface area contributed by atoms with Crippen LogP contribution in [0.25, 0.3) is 17.0 Å². The Labute approximate surface area is 175 Å². The van der Waals surface area contributed by atoms with Crippen molar-refractivity contribution in [2.24, 2.45) is 0 Å². The van der Waals surface area contributed by atoms with E-state index < -0.39 is 6.04 Å². The van der Waals surface area contributed by atoms with Crippen LogP contribution in [0.1, 0.15) is 28.8 Å². The maximum absolute atomic E-state index is 14.3. The molecule has 0 radical (unpaired) electrons. The maximum Gasteiger partial charge on any atom is 0.319 e. The largest absolute Gasteiger partial charge is 0.403 e. The minimum atomic E-state index is -0.391. The maximum atomic E-state index is 14.3. The number of fused-ring (bicyclic) bond motifs is 2. The quantitative estimate of drug-likeness (QED) is 0.482. The van der Waals surface area contributed by atoms with Gasteiger partial charge < -0.3 is 14.3 Å². The molecule has 1 atom stereocenters. The van der Waals surface area contributed by atoms with Crippen LogP contribution in [0, 0.1) is 12.7 Å². The highest BCUT2D eigenvalue weighted by Gasteiger charge is 2.36. The second kappa shape index (κ2) is 6.73. The number of H-pyrrole nitrogens is 1. The zero-order valence-electron chi connectivity index (χ0n) is 16.5. The molecule has 0 fully saturated rings. The number of anilines is 1. The average Bonchev–Trinajstić information content (AvgIpc) is 3.52. The fourth-order valence-corrected chi connectivity index (χ4v) is 4.07. The van der Waals surface area contributed by atoms with Gasteiger partial charge in [-0.1, -0.05) is 5.10 Å². The Morgan fingerprint density at radius 2 is 2.13 bits per heavy atom. The Morgan fingerprint density at radius 1 is 1.19 bits per heavy atom. The number of aromatic nitrogens is 7. The van der Waals surface area contributed by atoms with E-state index in [0.717, 1.165) is 29.1 Å². The Morgan fingerprint density at radius 3 is 3.00 bits per heavy atom. The van der Waals surface area contributed by atoms with Crippen LogP contribution in [0.3, 0.4) is 0 Å². The Balaban J connectivity index is 1.46. The lowest BCUT2D eigenvalue weighted by atomic mass is 10.0. The molecule has 0 aromatic carbocycles. The normalized spacial score (nSPS) is 16.1. The molecule has 6 heterocycles. The van der Waals surface area contributed by atoms with Crippen LogP contribution in [-0.2, 0) is 6.42 Å². The number of hydrogen-bond donors (Lipinski definition) is 1. The number of imidazole rings is 1. The summed E-state index contributed by atoms with van der Waals surface area (Å²) in [5.41, 5.74) is 4.46. The van der Waals surface area contributed by atoms with E-state index in [9.17, 15) is 4.39 Å². The van der Waals surface area contributed by atoms with E-state index in [1.54, 1.807) is 30.9 Å². The van der Waals surface area contributed by atoms with Gasteiger partial charge in [0.2, 0.25) is 0 Å². The van der Waals surface area contributed by atoms with E-state index in [4.69, 9.17) is 4.42 Å². The highest BCUT2D eigenvalue weighted by Crippen LogP contribution is 2.37. The SMILES string of the molecule is Cc1ncccc1-c1nnc(N2CCc3[nH]cnc3C2c2cc3c(F)cccn3n2)o1. The molecule has 10 heteroatoms. The summed E-state index contributed by atoms with van der Waals surface area (Å²) in [4.78, 5) is 14.0. The van der Waals surface area contributed by atoms with Crippen LogP contribution < -0.4 is 4.90 Å². The molecule has 5 aromatic rings. The molecule has 0 saturated heterocycles. The Hall–Kier alpha value is -4.08. The van der Waals surface area contributed by atoms with E-state index >= 15 is 0 Å². The lowest BCUT2D eigenvalue weighted by molar-refractivity contribution is 0.503. The van der Waals surface area contributed by atoms with Crippen molar-refractivity contribution in [3.8, 4) is 11.5 Å². The fourth-order valence-electron chi connectivity index (χ4n) is 4.07. The molecule has 1 N–H and O–H groups in total. The van der Waals surface area contributed by atoms with Gasteiger partial charge in [0, 0.05) is 36.7 Å². The topological polar surface area (TPSA) is 101 Å². The van der Waals surface area contributed by atoms with Crippen molar-refractivity contribution < 1.29 is 8.81 Å². The molecule has 154 valence electrons. The van der Waals surface area contributed by atoms with E-state index in [-0.39, 0.29) is 5.82 Å². The first-order chi connectivity index (χ1) is 15.2. The molecule has 6 rings (SSSR count). The van der Waals surface area contributed by atoms with Crippen molar-refractivity contribution in [2.45, 2.75) is 19.4 Å². The molecular weight excluding hydrogens is 399 g/mol. The summed E-state index contributed by atoms with van der Waals surface area (Å²) in [6.45, 7) is 2.51. The van der Waals surface area contributed by atoms with Crippen LogP contribution in [0.5, 0.6) is 0 Å². The van der Waals surface area contributed by atoms with Crippen LogP contribution >= 0.6 is 0 Å². The number of nitrogens with one attached hydrogen (secondary N) is 1. The van der Waals surface area contributed by atoms with Gasteiger partial charge in [0.15, 0.2) is 0 Å². The van der Waals surface area contributed by atoms with Crippen molar-refractivity contribution in [3.63, 3.8) is 0 Å². The predicted octanol–water partition coefficient (Wildman–Crippen LogP) is 3.10. The smallest absolute Gasteiger partial charge is 0.319 e. The average molecular weight is 416 g/mol. The third-order valence-corrected chi connectivity index (χ3v) is 5.57. The highest BCUT2D eigenvalue weighted by atomic mass is 19.1. The van der Waals surface area contributed by atoms with Crippen molar-refractivity contribution in [1.29, 1.82) is 0 Å². The van der Waals surface area contributed by atoms with Crippen molar-refractivity contribution >= 4 is 11.5 Å². The van der Waals surface area contributed by atoms with Crippen molar-refractivity contribution in [3.05, 3.63) is 77.6 Å². The summed E-state index contributed by atoms with van der Waals surface area (Å²) in [6, 6.07) is 8.46. The monoisotopic (exact) mass is 416 g/mol. The van der Waals surface area contributed by atoms with Gasteiger partial charge >= 0.3 is 6.01 Å². The molecular formula is C21H17FN8O. The van der Waals surface area contributed by atoms with E-state index in [1.807, 2.05) is 24.0 Å². The number of aryl methyl sites for hydroxylation is 1. The molecule has 0 bridgehead atoms. The molecule has 0 amide bonds. The van der Waals surface area contributed by atoms with Gasteiger partial charge in [-0.3, -0.25) is 4.98 Å².